The molecule has 2 aromatic carbocycles. The van der Waals surface area contributed by atoms with Crippen LogP contribution in [0.2, 0.25) is 5.02 Å². The molecule has 1 N–H and O–H groups in total. The van der Waals surface area contributed by atoms with E-state index in [0.29, 0.717) is 41.0 Å². The average Bonchev–Trinajstić information content (AvgIpc) is 3.13. The number of likely N-dealkylation sites (N-methyl/N-ethyl adjacent to an activating group) is 1. The summed E-state index contributed by atoms with van der Waals surface area (Å²) in [6.45, 7) is 8.02. The Morgan fingerprint density at radius 2 is 1.83 bits per heavy atom. The molecule has 8 nitrogen and oxygen atoms in total. The molecule has 1 saturated heterocycles. The van der Waals surface area contributed by atoms with Crippen molar-refractivity contribution in [3.8, 4) is 11.5 Å². The second-order valence-corrected chi connectivity index (χ2v) is 8.75. The number of anilines is 2. The van der Waals surface area contributed by atoms with Gasteiger partial charge in [-0.05, 0) is 54.6 Å². The molecule has 1 amide bonds. The minimum atomic E-state index is -0.634. The number of ether oxygens (including phenoxy) is 3. The third-order valence-electron chi connectivity index (χ3n) is 5.92. The molecule has 0 aliphatic carbocycles. The number of hydrogen-bond acceptors (Lipinski definition) is 7. The smallest absolute Gasteiger partial charge is 0.331 e. The number of nitrogens with zero attached hydrogens (tertiary/aromatic N) is 2. The number of carbonyl (C=O) groups excluding carboxylic acids is 2. The van der Waals surface area contributed by atoms with E-state index in [-0.39, 0.29) is 6.61 Å². The minimum absolute atomic E-state index is 0.383. The van der Waals surface area contributed by atoms with Gasteiger partial charge < -0.3 is 29.3 Å². The van der Waals surface area contributed by atoms with Gasteiger partial charge in [0.2, 0.25) is 0 Å². The Balaban J connectivity index is 1.24. The van der Waals surface area contributed by atoms with Gasteiger partial charge in [0.15, 0.2) is 18.1 Å². The predicted octanol–water partition coefficient (Wildman–Crippen LogP) is 3.84. The molecule has 2 aromatic rings. The highest BCUT2D eigenvalue weighted by Gasteiger charge is 2.17. The number of piperazine rings is 1. The van der Waals surface area contributed by atoms with Crippen molar-refractivity contribution in [1.82, 2.24) is 4.90 Å². The van der Waals surface area contributed by atoms with Crippen molar-refractivity contribution in [2.24, 2.45) is 0 Å². The Bertz CT molecular complexity index is 1070. The van der Waals surface area contributed by atoms with Crippen LogP contribution in [-0.4, -0.2) is 69.3 Å². The summed E-state index contributed by atoms with van der Waals surface area (Å²) in [5, 5.41) is 3.16. The first kappa shape index (κ1) is 24.9. The van der Waals surface area contributed by atoms with Gasteiger partial charge in [0, 0.05) is 50.1 Å². The number of carbonyl (C=O) groups is 2. The van der Waals surface area contributed by atoms with Crippen LogP contribution in [0.4, 0.5) is 11.4 Å². The average molecular weight is 500 g/mol. The molecular weight excluding hydrogens is 470 g/mol. The molecular formula is C26H30ClN3O5. The van der Waals surface area contributed by atoms with Gasteiger partial charge in [-0.2, -0.15) is 0 Å². The zero-order chi connectivity index (χ0) is 24.6. The maximum absolute atomic E-state index is 12.2. The number of esters is 1. The van der Waals surface area contributed by atoms with Crippen molar-refractivity contribution in [1.29, 1.82) is 0 Å². The zero-order valence-corrected chi connectivity index (χ0v) is 20.6. The highest BCUT2D eigenvalue weighted by Crippen LogP contribution is 2.38. The number of benzene rings is 2. The van der Waals surface area contributed by atoms with E-state index in [1.165, 1.54) is 6.08 Å². The third-order valence-corrected chi connectivity index (χ3v) is 6.20. The molecule has 35 heavy (non-hydrogen) atoms. The number of rotatable bonds is 7. The van der Waals surface area contributed by atoms with E-state index in [2.05, 4.69) is 22.0 Å². The highest BCUT2D eigenvalue weighted by molar-refractivity contribution is 6.32. The molecule has 2 aliphatic heterocycles. The maximum Gasteiger partial charge on any atom is 0.331 e. The van der Waals surface area contributed by atoms with E-state index in [9.17, 15) is 9.59 Å². The standard InChI is InChI=1S/C26H30ClN3O5/c1-2-29-10-12-30(13-11-29)21-7-5-20(6-8-21)28-24(31)18-35-25(32)9-4-19-16-22(27)26-23(17-19)33-14-3-15-34-26/h4-9,16-17H,2-3,10-15,18H2,1H3,(H,28,31)/b9-4+. The molecule has 2 heterocycles. The normalized spacial score (nSPS) is 16.1. The van der Waals surface area contributed by atoms with E-state index in [0.717, 1.165) is 44.8 Å². The Morgan fingerprint density at radius 3 is 2.57 bits per heavy atom. The van der Waals surface area contributed by atoms with Crippen molar-refractivity contribution in [3.63, 3.8) is 0 Å². The van der Waals surface area contributed by atoms with Gasteiger partial charge in [-0.15, -0.1) is 0 Å². The molecule has 2 aliphatic rings. The lowest BCUT2D eigenvalue weighted by Gasteiger charge is -2.35. The summed E-state index contributed by atoms with van der Waals surface area (Å²) in [5.41, 5.74) is 2.45. The number of fused-ring (bicyclic) bond motifs is 1. The second-order valence-electron chi connectivity index (χ2n) is 8.34. The molecule has 9 heteroatoms. The lowest BCUT2D eigenvalue weighted by molar-refractivity contribution is -0.142. The SMILES string of the molecule is CCN1CCN(c2ccc(NC(=O)COC(=O)/C=C/c3cc(Cl)c4c(c3)OCCCO4)cc2)CC1. The first-order valence-electron chi connectivity index (χ1n) is 11.8. The van der Waals surface area contributed by atoms with Crippen molar-refractivity contribution in [2.45, 2.75) is 13.3 Å². The lowest BCUT2D eigenvalue weighted by atomic mass is 10.2. The summed E-state index contributed by atoms with van der Waals surface area (Å²) in [6, 6.07) is 11.1. The van der Waals surface area contributed by atoms with Gasteiger partial charge in [-0.25, -0.2) is 4.79 Å². The molecule has 4 rings (SSSR count). The molecule has 0 bridgehead atoms. The summed E-state index contributed by atoms with van der Waals surface area (Å²) >= 11 is 6.27. The van der Waals surface area contributed by atoms with Crippen molar-refractivity contribution in [3.05, 3.63) is 53.1 Å². The highest BCUT2D eigenvalue weighted by atomic mass is 35.5. The third kappa shape index (κ3) is 6.90. The van der Waals surface area contributed by atoms with Crippen LogP contribution in [0.3, 0.4) is 0 Å². The Hall–Kier alpha value is -3.23. The number of hydrogen-bond donors (Lipinski definition) is 1. The minimum Gasteiger partial charge on any atom is -0.489 e. The summed E-state index contributed by atoms with van der Waals surface area (Å²) in [7, 11) is 0. The monoisotopic (exact) mass is 499 g/mol. The van der Waals surface area contributed by atoms with Crippen LogP contribution in [0.1, 0.15) is 18.9 Å². The molecule has 0 unspecified atom stereocenters. The van der Waals surface area contributed by atoms with Gasteiger partial charge in [-0.1, -0.05) is 18.5 Å². The van der Waals surface area contributed by atoms with E-state index >= 15 is 0 Å². The van der Waals surface area contributed by atoms with Crippen molar-refractivity contribution < 1.29 is 23.8 Å². The zero-order valence-electron chi connectivity index (χ0n) is 19.8. The van der Waals surface area contributed by atoms with Crippen molar-refractivity contribution in [2.75, 3.05) is 62.8 Å². The lowest BCUT2D eigenvalue weighted by Crippen LogP contribution is -2.46. The number of nitrogens with one attached hydrogen (secondary N) is 1. The molecule has 0 saturated carbocycles. The quantitative estimate of drug-likeness (QED) is 0.458. The van der Waals surface area contributed by atoms with Crippen LogP contribution in [0, 0.1) is 0 Å². The van der Waals surface area contributed by atoms with Gasteiger partial charge >= 0.3 is 5.97 Å². The fourth-order valence-electron chi connectivity index (χ4n) is 3.97. The largest absolute Gasteiger partial charge is 0.489 e. The van der Waals surface area contributed by atoms with E-state index in [4.69, 9.17) is 25.8 Å². The molecule has 0 aromatic heterocycles. The van der Waals surface area contributed by atoms with Crippen LogP contribution in [0.5, 0.6) is 11.5 Å². The van der Waals surface area contributed by atoms with Gasteiger partial charge in [0.1, 0.15) is 0 Å². The van der Waals surface area contributed by atoms with Crippen LogP contribution in [-0.2, 0) is 14.3 Å². The molecule has 1 fully saturated rings. The Morgan fingerprint density at radius 1 is 1.09 bits per heavy atom. The maximum atomic E-state index is 12.2. The molecule has 0 spiro atoms. The summed E-state index contributed by atoms with van der Waals surface area (Å²) in [6.07, 6.45) is 3.57. The predicted molar refractivity (Wildman–Crippen MR) is 136 cm³/mol. The van der Waals surface area contributed by atoms with Crippen LogP contribution in [0.15, 0.2) is 42.5 Å². The van der Waals surface area contributed by atoms with Gasteiger partial charge in [0.25, 0.3) is 5.91 Å². The fourth-order valence-corrected chi connectivity index (χ4v) is 4.24. The Kier molecular flexibility index (Phi) is 8.50. The summed E-state index contributed by atoms with van der Waals surface area (Å²) in [4.78, 5) is 29.0. The first-order chi connectivity index (χ1) is 17.0. The van der Waals surface area contributed by atoms with Crippen LogP contribution < -0.4 is 19.7 Å². The van der Waals surface area contributed by atoms with E-state index in [1.54, 1.807) is 18.2 Å². The fraction of sp³-hybridized carbons (Fsp3) is 0.385. The number of halogens is 1. The van der Waals surface area contributed by atoms with E-state index < -0.39 is 11.9 Å². The van der Waals surface area contributed by atoms with Crippen molar-refractivity contribution >= 4 is 40.9 Å². The Labute approximate surface area is 210 Å². The molecule has 0 atom stereocenters. The number of amides is 1. The summed E-state index contributed by atoms with van der Waals surface area (Å²) < 4.78 is 16.3. The first-order valence-corrected chi connectivity index (χ1v) is 12.2. The van der Waals surface area contributed by atoms with E-state index in [1.807, 2.05) is 24.3 Å². The van der Waals surface area contributed by atoms with Gasteiger partial charge in [-0.3, -0.25) is 4.79 Å². The van der Waals surface area contributed by atoms with Crippen LogP contribution in [0.25, 0.3) is 6.08 Å². The topological polar surface area (TPSA) is 80.3 Å². The summed E-state index contributed by atoms with van der Waals surface area (Å²) in [5.74, 6) is 0.00364. The molecule has 186 valence electrons. The molecule has 0 radical (unpaired) electrons. The second kappa shape index (κ2) is 12.0. The van der Waals surface area contributed by atoms with Gasteiger partial charge in [0.05, 0.1) is 18.2 Å². The van der Waals surface area contributed by atoms with Crippen LogP contribution >= 0.6 is 11.6 Å².